The molecule has 0 amide bonds. The van der Waals surface area contributed by atoms with Crippen molar-refractivity contribution in [3.8, 4) is 0 Å². The number of halogens is 1. The van der Waals surface area contributed by atoms with Crippen LogP contribution in [-0.2, 0) is 6.42 Å². The second-order valence-corrected chi connectivity index (χ2v) is 3.35. The molecule has 71 valence electrons. The quantitative estimate of drug-likeness (QED) is 0.666. The molecule has 0 bridgehead atoms. The first-order chi connectivity index (χ1) is 6.20. The van der Waals surface area contributed by atoms with Crippen LogP contribution in [0, 0.1) is 13.8 Å². The number of hydrogen-bond donors (Lipinski definition) is 0. The van der Waals surface area contributed by atoms with Gasteiger partial charge in [-0.25, -0.2) is 0 Å². The standard InChI is InChI=1S/C12H16F/c1-4-11-9(2)6-5-7-12(11)10(3)8-13/h5-7,10H,3-4,8H2,1-2H3. The zero-order valence-electron chi connectivity index (χ0n) is 8.31. The van der Waals surface area contributed by atoms with Gasteiger partial charge in [-0.05, 0) is 37.0 Å². The molecule has 1 unspecified atom stereocenters. The average Bonchev–Trinajstić information content (AvgIpc) is 2.16. The summed E-state index contributed by atoms with van der Waals surface area (Å²) in [5.74, 6) is -0.213. The Morgan fingerprint density at radius 2 is 2.15 bits per heavy atom. The summed E-state index contributed by atoms with van der Waals surface area (Å²) in [4.78, 5) is 0. The van der Waals surface area contributed by atoms with Gasteiger partial charge < -0.3 is 0 Å². The molecule has 0 aliphatic carbocycles. The van der Waals surface area contributed by atoms with Crippen LogP contribution < -0.4 is 0 Å². The highest BCUT2D eigenvalue weighted by Gasteiger charge is 2.10. The molecule has 1 atom stereocenters. The van der Waals surface area contributed by atoms with Crippen LogP contribution in [0.4, 0.5) is 4.39 Å². The van der Waals surface area contributed by atoms with E-state index in [0.29, 0.717) is 0 Å². The Morgan fingerprint density at radius 1 is 1.46 bits per heavy atom. The molecule has 1 radical (unpaired) electrons. The second-order valence-electron chi connectivity index (χ2n) is 3.35. The van der Waals surface area contributed by atoms with Crippen LogP contribution >= 0.6 is 0 Å². The number of rotatable bonds is 3. The zero-order chi connectivity index (χ0) is 9.84. The topological polar surface area (TPSA) is 0 Å². The predicted octanol–water partition coefficient (Wildman–Crippen LogP) is 3.44. The van der Waals surface area contributed by atoms with E-state index in [1.165, 1.54) is 11.1 Å². The smallest absolute Gasteiger partial charge is 0.0963 e. The van der Waals surface area contributed by atoms with Crippen LogP contribution in [0.15, 0.2) is 18.2 Å². The van der Waals surface area contributed by atoms with Gasteiger partial charge in [-0.3, -0.25) is 4.39 Å². The highest BCUT2D eigenvalue weighted by molar-refractivity contribution is 5.37. The molecule has 0 fully saturated rings. The van der Waals surface area contributed by atoms with Crippen molar-refractivity contribution in [3.63, 3.8) is 0 Å². The highest BCUT2D eigenvalue weighted by atomic mass is 19.1. The lowest BCUT2D eigenvalue weighted by Gasteiger charge is -2.14. The SMILES string of the molecule is [CH2]C(CF)c1cccc(C)c1CC. The normalized spacial score (nSPS) is 12.9. The summed E-state index contributed by atoms with van der Waals surface area (Å²) < 4.78 is 12.5. The predicted molar refractivity (Wildman–Crippen MR) is 54.6 cm³/mol. The fourth-order valence-electron chi connectivity index (χ4n) is 1.67. The lowest BCUT2D eigenvalue weighted by Crippen LogP contribution is -2.02. The number of benzene rings is 1. The van der Waals surface area contributed by atoms with Crippen molar-refractivity contribution in [1.29, 1.82) is 0 Å². The van der Waals surface area contributed by atoms with E-state index >= 15 is 0 Å². The van der Waals surface area contributed by atoms with Gasteiger partial charge in [0, 0.05) is 5.92 Å². The van der Waals surface area contributed by atoms with Gasteiger partial charge in [0.2, 0.25) is 0 Å². The summed E-state index contributed by atoms with van der Waals surface area (Å²) in [5.41, 5.74) is 3.55. The Bertz CT molecular complexity index is 278. The molecule has 1 rings (SSSR count). The van der Waals surface area contributed by atoms with Crippen molar-refractivity contribution in [3.05, 3.63) is 41.8 Å². The summed E-state index contributed by atoms with van der Waals surface area (Å²) in [7, 11) is 0. The fraction of sp³-hybridized carbons (Fsp3) is 0.417. The molecule has 0 heterocycles. The van der Waals surface area contributed by atoms with Crippen LogP contribution in [0.25, 0.3) is 0 Å². The number of aryl methyl sites for hydroxylation is 1. The summed E-state index contributed by atoms with van der Waals surface area (Å²) >= 11 is 0. The zero-order valence-corrected chi connectivity index (χ0v) is 8.31. The molecule has 0 spiro atoms. The van der Waals surface area contributed by atoms with Gasteiger partial charge in [0.1, 0.15) is 0 Å². The molecule has 0 saturated heterocycles. The Hall–Kier alpha value is -0.850. The van der Waals surface area contributed by atoms with Gasteiger partial charge in [0.25, 0.3) is 0 Å². The summed E-state index contributed by atoms with van der Waals surface area (Å²) in [6, 6.07) is 6.01. The van der Waals surface area contributed by atoms with E-state index < -0.39 is 0 Å². The Kier molecular flexibility index (Phi) is 3.47. The first-order valence-corrected chi connectivity index (χ1v) is 4.68. The van der Waals surface area contributed by atoms with Crippen molar-refractivity contribution in [1.82, 2.24) is 0 Å². The largest absolute Gasteiger partial charge is 0.250 e. The summed E-state index contributed by atoms with van der Waals surface area (Å²) in [6.07, 6.45) is 0.952. The van der Waals surface area contributed by atoms with E-state index in [9.17, 15) is 4.39 Å². The monoisotopic (exact) mass is 179 g/mol. The van der Waals surface area contributed by atoms with Gasteiger partial charge in [-0.1, -0.05) is 25.1 Å². The molecular weight excluding hydrogens is 163 g/mol. The third kappa shape index (κ3) is 2.09. The maximum atomic E-state index is 12.5. The van der Waals surface area contributed by atoms with E-state index in [0.717, 1.165) is 12.0 Å². The minimum absolute atomic E-state index is 0.213. The van der Waals surface area contributed by atoms with Crippen molar-refractivity contribution in [2.24, 2.45) is 0 Å². The van der Waals surface area contributed by atoms with E-state index in [2.05, 4.69) is 26.8 Å². The van der Waals surface area contributed by atoms with E-state index in [1.54, 1.807) is 0 Å². The molecule has 0 aromatic heterocycles. The van der Waals surface area contributed by atoms with Crippen LogP contribution in [0.1, 0.15) is 29.5 Å². The lowest BCUT2D eigenvalue weighted by molar-refractivity contribution is 0.464. The Labute approximate surface area is 79.8 Å². The van der Waals surface area contributed by atoms with Crippen molar-refractivity contribution >= 4 is 0 Å². The van der Waals surface area contributed by atoms with E-state index in [1.807, 2.05) is 12.1 Å². The first kappa shape index (κ1) is 10.2. The highest BCUT2D eigenvalue weighted by Crippen LogP contribution is 2.23. The van der Waals surface area contributed by atoms with Gasteiger partial charge in [0.15, 0.2) is 0 Å². The average molecular weight is 179 g/mol. The number of alkyl halides is 1. The Balaban J connectivity index is 3.12. The second kappa shape index (κ2) is 4.40. The molecule has 0 N–H and O–H groups in total. The van der Waals surface area contributed by atoms with Gasteiger partial charge >= 0.3 is 0 Å². The minimum Gasteiger partial charge on any atom is -0.250 e. The third-order valence-electron chi connectivity index (χ3n) is 2.43. The van der Waals surface area contributed by atoms with Crippen LogP contribution in [0.5, 0.6) is 0 Å². The maximum absolute atomic E-state index is 12.5. The number of hydrogen-bond acceptors (Lipinski definition) is 0. The van der Waals surface area contributed by atoms with Crippen LogP contribution in [0.2, 0.25) is 0 Å². The van der Waals surface area contributed by atoms with E-state index in [-0.39, 0.29) is 12.6 Å². The minimum atomic E-state index is -0.379. The molecule has 1 heteroatoms. The molecule has 1 aromatic carbocycles. The fourth-order valence-corrected chi connectivity index (χ4v) is 1.67. The van der Waals surface area contributed by atoms with Gasteiger partial charge in [0.05, 0.1) is 6.67 Å². The Morgan fingerprint density at radius 3 is 2.69 bits per heavy atom. The molecule has 1 aromatic rings. The summed E-state index contributed by atoms with van der Waals surface area (Å²) in [6.45, 7) is 7.58. The molecule has 0 nitrogen and oxygen atoms in total. The third-order valence-corrected chi connectivity index (χ3v) is 2.43. The van der Waals surface area contributed by atoms with Gasteiger partial charge in [-0.2, -0.15) is 0 Å². The molecule has 0 aliphatic rings. The molecular formula is C12H16F. The van der Waals surface area contributed by atoms with Crippen molar-refractivity contribution < 1.29 is 4.39 Å². The molecule has 0 saturated carbocycles. The van der Waals surface area contributed by atoms with Crippen LogP contribution in [-0.4, -0.2) is 6.67 Å². The first-order valence-electron chi connectivity index (χ1n) is 4.68. The van der Waals surface area contributed by atoms with Crippen molar-refractivity contribution in [2.45, 2.75) is 26.2 Å². The molecule has 0 aliphatic heterocycles. The summed E-state index contributed by atoms with van der Waals surface area (Å²) in [5, 5.41) is 0. The van der Waals surface area contributed by atoms with Gasteiger partial charge in [-0.15, -0.1) is 0 Å². The van der Waals surface area contributed by atoms with Crippen LogP contribution in [0.3, 0.4) is 0 Å². The molecule has 13 heavy (non-hydrogen) atoms. The maximum Gasteiger partial charge on any atom is 0.0963 e. The van der Waals surface area contributed by atoms with E-state index in [4.69, 9.17) is 0 Å². The lowest BCUT2D eigenvalue weighted by atomic mass is 9.92. The van der Waals surface area contributed by atoms with Crippen molar-refractivity contribution in [2.75, 3.05) is 6.67 Å².